The molecule has 1 saturated carbocycles. The first-order chi connectivity index (χ1) is 10.0. The maximum atomic E-state index is 12.5. The van der Waals surface area contributed by atoms with Gasteiger partial charge in [0.1, 0.15) is 10.7 Å². The number of rotatable bonds is 5. The van der Waals surface area contributed by atoms with Crippen molar-refractivity contribution < 1.29 is 4.79 Å². The standard InChI is InChI=1S/C15H26N4OS/c1-4-11(10-8-6-5-7-9-10)17-14(20)12-13(16)18-15(21-12)19(2)3/h10-11H,4-9,16H2,1-3H3,(H,17,20). The Kier molecular flexibility index (Phi) is 5.45. The van der Waals surface area contributed by atoms with Crippen molar-refractivity contribution in [3.05, 3.63) is 4.88 Å². The number of thiazole rings is 1. The Hall–Kier alpha value is -1.30. The predicted molar refractivity (Wildman–Crippen MR) is 89.0 cm³/mol. The van der Waals surface area contributed by atoms with Crippen molar-refractivity contribution in [1.29, 1.82) is 0 Å². The first kappa shape index (κ1) is 16.1. The van der Waals surface area contributed by atoms with Crippen LogP contribution >= 0.6 is 11.3 Å². The maximum Gasteiger partial charge on any atom is 0.265 e. The molecule has 21 heavy (non-hydrogen) atoms. The summed E-state index contributed by atoms with van der Waals surface area (Å²) in [5.74, 6) is 0.866. The summed E-state index contributed by atoms with van der Waals surface area (Å²) in [5, 5.41) is 3.95. The molecule has 1 aliphatic rings. The summed E-state index contributed by atoms with van der Waals surface area (Å²) >= 11 is 1.35. The van der Waals surface area contributed by atoms with Gasteiger partial charge in [0.2, 0.25) is 0 Å². The molecule has 0 saturated heterocycles. The van der Waals surface area contributed by atoms with E-state index < -0.39 is 0 Å². The third-order valence-corrected chi connectivity index (χ3v) is 5.44. The highest BCUT2D eigenvalue weighted by Crippen LogP contribution is 2.30. The average molecular weight is 310 g/mol. The van der Waals surface area contributed by atoms with E-state index in [-0.39, 0.29) is 11.9 Å². The van der Waals surface area contributed by atoms with E-state index in [0.29, 0.717) is 16.6 Å². The van der Waals surface area contributed by atoms with E-state index in [4.69, 9.17) is 5.73 Å². The van der Waals surface area contributed by atoms with Crippen molar-refractivity contribution in [2.45, 2.75) is 51.5 Å². The van der Waals surface area contributed by atoms with Crippen LogP contribution < -0.4 is 16.0 Å². The minimum Gasteiger partial charge on any atom is -0.382 e. The molecule has 1 heterocycles. The molecule has 2 rings (SSSR count). The van der Waals surface area contributed by atoms with Crippen LogP contribution in [0.4, 0.5) is 10.9 Å². The lowest BCUT2D eigenvalue weighted by Crippen LogP contribution is -2.40. The molecule has 118 valence electrons. The van der Waals surface area contributed by atoms with E-state index in [0.717, 1.165) is 11.6 Å². The minimum absolute atomic E-state index is 0.0736. The molecule has 0 aromatic carbocycles. The van der Waals surface area contributed by atoms with Gasteiger partial charge in [-0.05, 0) is 25.2 Å². The summed E-state index contributed by atoms with van der Waals surface area (Å²) < 4.78 is 0. The van der Waals surface area contributed by atoms with Crippen LogP contribution in [-0.4, -0.2) is 31.0 Å². The molecule has 1 aliphatic carbocycles. The number of carbonyl (C=O) groups excluding carboxylic acids is 1. The van der Waals surface area contributed by atoms with Crippen LogP contribution in [-0.2, 0) is 0 Å². The largest absolute Gasteiger partial charge is 0.382 e. The van der Waals surface area contributed by atoms with Crippen LogP contribution in [0.1, 0.15) is 55.1 Å². The molecule has 0 spiro atoms. The van der Waals surface area contributed by atoms with Crippen molar-refractivity contribution in [2.24, 2.45) is 5.92 Å². The number of carbonyl (C=O) groups is 1. The SMILES string of the molecule is CCC(NC(=O)c1sc(N(C)C)nc1N)C1CCCCC1. The lowest BCUT2D eigenvalue weighted by Gasteiger charge is -2.30. The predicted octanol–water partition coefficient (Wildman–Crippen LogP) is 2.88. The maximum absolute atomic E-state index is 12.5. The number of nitrogens with zero attached hydrogens (tertiary/aromatic N) is 2. The molecule has 1 unspecified atom stereocenters. The molecule has 1 amide bonds. The van der Waals surface area contributed by atoms with E-state index in [2.05, 4.69) is 17.2 Å². The topological polar surface area (TPSA) is 71.2 Å². The van der Waals surface area contributed by atoms with Gasteiger partial charge in [0.25, 0.3) is 5.91 Å². The van der Waals surface area contributed by atoms with E-state index >= 15 is 0 Å². The molecule has 0 bridgehead atoms. The minimum atomic E-state index is -0.0736. The zero-order valence-corrected chi connectivity index (χ0v) is 14.0. The highest BCUT2D eigenvalue weighted by molar-refractivity contribution is 7.18. The summed E-state index contributed by atoms with van der Waals surface area (Å²) in [5.41, 5.74) is 5.89. The van der Waals surface area contributed by atoms with Gasteiger partial charge in [-0.25, -0.2) is 4.98 Å². The van der Waals surface area contributed by atoms with Crippen molar-refractivity contribution in [1.82, 2.24) is 10.3 Å². The van der Waals surface area contributed by atoms with E-state index in [9.17, 15) is 4.79 Å². The Morgan fingerprint density at radius 3 is 2.62 bits per heavy atom. The number of nitrogens with two attached hydrogens (primary N) is 1. The monoisotopic (exact) mass is 310 g/mol. The Morgan fingerprint density at radius 1 is 1.43 bits per heavy atom. The van der Waals surface area contributed by atoms with Crippen LogP contribution in [0.15, 0.2) is 0 Å². The molecule has 0 aliphatic heterocycles. The summed E-state index contributed by atoms with van der Waals surface area (Å²) in [6, 6.07) is 0.252. The zero-order chi connectivity index (χ0) is 15.4. The first-order valence-corrected chi connectivity index (χ1v) is 8.59. The molecule has 1 fully saturated rings. The lowest BCUT2D eigenvalue weighted by atomic mass is 9.83. The lowest BCUT2D eigenvalue weighted by molar-refractivity contribution is 0.0916. The Morgan fingerprint density at radius 2 is 2.10 bits per heavy atom. The fraction of sp³-hybridized carbons (Fsp3) is 0.733. The van der Waals surface area contributed by atoms with Crippen molar-refractivity contribution in [3.63, 3.8) is 0 Å². The summed E-state index contributed by atoms with van der Waals surface area (Å²) in [6.45, 7) is 2.14. The molecule has 1 aromatic heterocycles. The Balaban J connectivity index is 2.05. The molecule has 5 nitrogen and oxygen atoms in total. The van der Waals surface area contributed by atoms with Crippen molar-refractivity contribution >= 4 is 28.2 Å². The number of anilines is 2. The molecule has 6 heteroatoms. The summed E-state index contributed by atoms with van der Waals surface area (Å²) in [6.07, 6.45) is 7.30. The molecule has 3 N–H and O–H groups in total. The normalized spacial score (nSPS) is 17.5. The van der Waals surface area contributed by atoms with Gasteiger partial charge in [0, 0.05) is 20.1 Å². The third-order valence-electron chi connectivity index (χ3n) is 4.21. The number of nitrogens with one attached hydrogen (secondary N) is 1. The Labute approximate surface area is 130 Å². The number of aromatic nitrogens is 1. The number of hydrogen-bond acceptors (Lipinski definition) is 5. The van der Waals surface area contributed by atoms with E-state index in [1.165, 1.54) is 43.4 Å². The molecular weight excluding hydrogens is 284 g/mol. The van der Waals surface area contributed by atoms with Gasteiger partial charge >= 0.3 is 0 Å². The van der Waals surface area contributed by atoms with Crippen LogP contribution in [0.3, 0.4) is 0 Å². The van der Waals surface area contributed by atoms with E-state index in [1.54, 1.807) is 0 Å². The number of hydrogen-bond donors (Lipinski definition) is 2. The van der Waals surface area contributed by atoms with Crippen molar-refractivity contribution in [2.75, 3.05) is 24.7 Å². The second-order valence-electron chi connectivity index (χ2n) is 5.99. The Bertz CT molecular complexity index is 480. The summed E-state index contributed by atoms with van der Waals surface area (Å²) in [4.78, 5) is 19.1. The van der Waals surface area contributed by atoms with Crippen LogP contribution in [0, 0.1) is 5.92 Å². The highest BCUT2D eigenvalue weighted by Gasteiger charge is 2.26. The second kappa shape index (κ2) is 7.11. The highest BCUT2D eigenvalue weighted by atomic mass is 32.1. The average Bonchev–Trinajstić information content (AvgIpc) is 2.88. The van der Waals surface area contributed by atoms with Gasteiger partial charge in [-0.1, -0.05) is 37.5 Å². The second-order valence-corrected chi connectivity index (χ2v) is 6.97. The smallest absolute Gasteiger partial charge is 0.265 e. The van der Waals surface area contributed by atoms with Crippen molar-refractivity contribution in [3.8, 4) is 0 Å². The quantitative estimate of drug-likeness (QED) is 0.877. The summed E-state index contributed by atoms with van der Waals surface area (Å²) in [7, 11) is 3.80. The molecule has 1 atom stereocenters. The van der Waals surface area contributed by atoms with Gasteiger partial charge in [0.05, 0.1) is 0 Å². The fourth-order valence-electron chi connectivity index (χ4n) is 3.00. The van der Waals surface area contributed by atoms with Gasteiger partial charge < -0.3 is 16.0 Å². The zero-order valence-electron chi connectivity index (χ0n) is 13.2. The van der Waals surface area contributed by atoms with Gasteiger partial charge in [0.15, 0.2) is 5.13 Å². The van der Waals surface area contributed by atoms with Gasteiger partial charge in [-0.3, -0.25) is 4.79 Å². The molecule has 1 aromatic rings. The number of amides is 1. The van der Waals surface area contributed by atoms with Crippen LogP contribution in [0.2, 0.25) is 0 Å². The first-order valence-electron chi connectivity index (χ1n) is 7.77. The van der Waals surface area contributed by atoms with Crippen LogP contribution in [0.25, 0.3) is 0 Å². The molecule has 0 radical (unpaired) electrons. The fourth-order valence-corrected chi connectivity index (χ4v) is 3.81. The third kappa shape index (κ3) is 3.87. The number of nitrogen functional groups attached to an aromatic ring is 1. The molecular formula is C15H26N4OS. The van der Waals surface area contributed by atoms with Gasteiger partial charge in [-0.2, -0.15) is 0 Å². The van der Waals surface area contributed by atoms with Crippen LogP contribution in [0.5, 0.6) is 0 Å². The van der Waals surface area contributed by atoms with Gasteiger partial charge in [-0.15, -0.1) is 0 Å². The van der Waals surface area contributed by atoms with E-state index in [1.807, 2.05) is 19.0 Å².